The van der Waals surface area contributed by atoms with Crippen molar-refractivity contribution in [1.82, 2.24) is 0 Å². The van der Waals surface area contributed by atoms with Gasteiger partial charge in [-0.3, -0.25) is 4.79 Å². The van der Waals surface area contributed by atoms with Gasteiger partial charge in [-0.1, -0.05) is 37.3 Å². The molecule has 1 aliphatic rings. The molecule has 1 aromatic carbocycles. The van der Waals surface area contributed by atoms with E-state index in [1.165, 1.54) is 21.8 Å². The highest BCUT2D eigenvalue weighted by Gasteiger charge is 2.29. The van der Waals surface area contributed by atoms with Crippen molar-refractivity contribution in [1.29, 1.82) is 0 Å². The molecular formula is C22H29N2O3S+. The van der Waals surface area contributed by atoms with Crippen LogP contribution in [0.25, 0.3) is 0 Å². The molecule has 5 nitrogen and oxygen atoms in total. The lowest BCUT2D eigenvalue weighted by Gasteiger charge is -2.18. The van der Waals surface area contributed by atoms with E-state index in [9.17, 15) is 9.59 Å². The molecule has 1 heterocycles. The van der Waals surface area contributed by atoms with E-state index in [0.29, 0.717) is 29.6 Å². The number of esters is 1. The number of ether oxygens (including phenoxy) is 1. The summed E-state index contributed by atoms with van der Waals surface area (Å²) in [6.45, 7) is 6.74. The molecule has 0 spiro atoms. The molecule has 3 N–H and O–H groups in total. The van der Waals surface area contributed by atoms with Crippen LogP contribution in [0.3, 0.4) is 0 Å². The van der Waals surface area contributed by atoms with Gasteiger partial charge >= 0.3 is 5.97 Å². The topological polar surface area (TPSA) is 72.0 Å². The Hall–Kier alpha value is -2.18. The minimum absolute atomic E-state index is 0.0972. The predicted molar refractivity (Wildman–Crippen MR) is 112 cm³/mol. The maximum absolute atomic E-state index is 12.6. The van der Waals surface area contributed by atoms with Crippen LogP contribution in [0.4, 0.5) is 5.00 Å². The van der Waals surface area contributed by atoms with Gasteiger partial charge in [-0.15, -0.1) is 11.3 Å². The van der Waals surface area contributed by atoms with Crippen LogP contribution in [0.15, 0.2) is 30.3 Å². The van der Waals surface area contributed by atoms with Gasteiger partial charge in [-0.25, -0.2) is 4.79 Å². The van der Waals surface area contributed by atoms with Crippen LogP contribution in [-0.4, -0.2) is 25.0 Å². The molecule has 1 aliphatic carbocycles. The summed E-state index contributed by atoms with van der Waals surface area (Å²) in [5.41, 5.74) is 2.82. The van der Waals surface area contributed by atoms with E-state index in [0.717, 1.165) is 24.8 Å². The van der Waals surface area contributed by atoms with E-state index >= 15 is 0 Å². The summed E-state index contributed by atoms with van der Waals surface area (Å²) in [5.74, 6) is 0.177. The number of rotatable bonds is 7. The van der Waals surface area contributed by atoms with E-state index < -0.39 is 0 Å². The maximum atomic E-state index is 12.6. The van der Waals surface area contributed by atoms with Crippen LogP contribution in [-0.2, 0) is 22.4 Å². The highest BCUT2D eigenvalue weighted by atomic mass is 32.1. The quantitative estimate of drug-likeness (QED) is 0.699. The molecule has 0 saturated carbocycles. The summed E-state index contributed by atoms with van der Waals surface area (Å²) in [7, 11) is 0. The van der Waals surface area contributed by atoms with Crippen LogP contribution in [0.2, 0.25) is 0 Å². The van der Waals surface area contributed by atoms with Crippen molar-refractivity contribution in [2.24, 2.45) is 5.92 Å². The Morgan fingerprint density at radius 3 is 2.79 bits per heavy atom. The molecule has 150 valence electrons. The van der Waals surface area contributed by atoms with Gasteiger partial charge in [0.25, 0.3) is 5.91 Å². The molecule has 0 radical (unpaired) electrons. The largest absolute Gasteiger partial charge is 0.462 e. The molecule has 6 heteroatoms. The molecule has 1 aromatic heterocycles. The number of fused-ring (bicyclic) bond motifs is 1. The fourth-order valence-electron chi connectivity index (χ4n) is 3.61. The molecular weight excluding hydrogens is 372 g/mol. The molecule has 0 fully saturated rings. The van der Waals surface area contributed by atoms with E-state index in [2.05, 4.69) is 31.3 Å². The highest BCUT2D eigenvalue weighted by molar-refractivity contribution is 7.17. The second-order valence-electron chi connectivity index (χ2n) is 7.46. The zero-order chi connectivity index (χ0) is 20.1. The zero-order valence-corrected chi connectivity index (χ0v) is 17.6. The molecule has 2 atom stereocenters. The Morgan fingerprint density at radius 1 is 1.32 bits per heavy atom. The molecule has 3 rings (SSSR count). The smallest absolute Gasteiger partial charge is 0.341 e. The third-order valence-electron chi connectivity index (χ3n) is 5.23. The summed E-state index contributed by atoms with van der Waals surface area (Å²) in [4.78, 5) is 26.3. The minimum Gasteiger partial charge on any atom is -0.462 e. The van der Waals surface area contributed by atoms with E-state index in [-0.39, 0.29) is 17.9 Å². The molecule has 1 amide bonds. The van der Waals surface area contributed by atoms with Gasteiger partial charge in [0.2, 0.25) is 0 Å². The summed E-state index contributed by atoms with van der Waals surface area (Å²) < 4.78 is 5.27. The van der Waals surface area contributed by atoms with E-state index in [1.54, 1.807) is 6.92 Å². The first-order valence-electron chi connectivity index (χ1n) is 9.99. The number of benzene rings is 1. The fraction of sp³-hybridized carbons (Fsp3) is 0.455. The zero-order valence-electron chi connectivity index (χ0n) is 16.8. The van der Waals surface area contributed by atoms with Crippen molar-refractivity contribution < 1.29 is 19.6 Å². The normalized spacial score (nSPS) is 16.9. The van der Waals surface area contributed by atoms with Gasteiger partial charge in [0.1, 0.15) is 11.0 Å². The van der Waals surface area contributed by atoms with E-state index in [1.807, 2.05) is 23.5 Å². The number of quaternary nitrogens is 1. The number of thiophene rings is 1. The summed E-state index contributed by atoms with van der Waals surface area (Å²) in [6.07, 6.45) is 2.89. The van der Waals surface area contributed by atoms with Crippen molar-refractivity contribution >= 4 is 28.2 Å². The lowest BCUT2D eigenvalue weighted by Crippen LogP contribution is -2.86. The number of carbonyl (C=O) groups excluding carboxylic acids is 2. The van der Waals surface area contributed by atoms with Crippen molar-refractivity contribution in [3.63, 3.8) is 0 Å². The molecule has 28 heavy (non-hydrogen) atoms. The third kappa shape index (κ3) is 4.80. The van der Waals surface area contributed by atoms with Gasteiger partial charge in [-0.05, 0) is 44.6 Å². The number of anilines is 1. The van der Waals surface area contributed by atoms with Crippen LogP contribution in [0.5, 0.6) is 0 Å². The minimum atomic E-state index is -0.327. The Kier molecular flexibility index (Phi) is 6.86. The Morgan fingerprint density at radius 2 is 2.07 bits per heavy atom. The standard InChI is InChI=1S/C22H28N2O3S/c1-4-27-22(26)20-17-11-10-14(2)12-18(17)28-21(20)24-19(25)13-23-15(3)16-8-6-5-7-9-16/h5-9,14-15,23H,4,10-13H2,1-3H3,(H,24,25)/p+1/t14-,15+/m1/s1. The fourth-order valence-corrected chi connectivity index (χ4v) is 5.03. The van der Waals surface area contributed by atoms with E-state index in [4.69, 9.17) is 4.74 Å². The molecule has 0 bridgehead atoms. The van der Waals surface area contributed by atoms with Crippen molar-refractivity contribution in [3.8, 4) is 0 Å². The molecule has 2 aromatic rings. The first-order valence-corrected chi connectivity index (χ1v) is 10.8. The number of nitrogens with two attached hydrogens (primary N) is 1. The summed E-state index contributed by atoms with van der Waals surface area (Å²) in [5, 5.41) is 5.62. The second kappa shape index (κ2) is 9.34. The summed E-state index contributed by atoms with van der Waals surface area (Å²) >= 11 is 1.53. The van der Waals surface area contributed by atoms with Crippen LogP contribution < -0.4 is 10.6 Å². The number of nitrogens with one attached hydrogen (secondary N) is 1. The molecule has 0 saturated heterocycles. The second-order valence-corrected chi connectivity index (χ2v) is 8.57. The van der Waals surface area contributed by atoms with Gasteiger partial charge in [0.05, 0.1) is 12.2 Å². The summed E-state index contributed by atoms with van der Waals surface area (Å²) in [6, 6.07) is 10.3. The molecule has 0 aliphatic heterocycles. The number of hydrogen-bond acceptors (Lipinski definition) is 4. The number of amides is 1. The van der Waals surface area contributed by atoms with Crippen molar-refractivity contribution in [2.75, 3.05) is 18.5 Å². The lowest BCUT2D eigenvalue weighted by atomic mass is 9.88. The van der Waals surface area contributed by atoms with Gasteiger partial charge in [0.15, 0.2) is 6.54 Å². The maximum Gasteiger partial charge on any atom is 0.341 e. The average Bonchev–Trinajstić information content (AvgIpc) is 3.03. The highest BCUT2D eigenvalue weighted by Crippen LogP contribution is 2.40. The van der Waals surface area contributed by atoms with Crippen LogP contribution in [0, 0.1) is 5.92 Å². The average molecular weight is 402 g/mol. The number of hydrogen-bond donors (Lipinski definition) is 2. The van der Waals surface area contributed by atoms with Gasteiger partial charge < -0.3 is 15.4 Å². The van der Waals surface area contributed by atoms with Crippen LogP contribution >= 0.6 is 11.3 Å². The third-order valence-corrected chi connectivity index (χ3v) is 6.40. The van der Waals surface area contributed by atoms with Crippen molar-refractivity contribution in [2.45, 2.75) is 46.1 Å². The first kappa shape index (κ1) is 20.6. The predicted octanol–water partition coefficient (Wildman–Crippen LogP) is 3.31. The monoisotopic (exact) mass is 401 g/mol. The Bertz CT molecular complexity index is 832. The molecule has 0 unspecified atom stereocenters. The SMILES string of the molecule is CCOC(=O)c1c(NC(=O)C[NH2+][C@@H](C)c2ccccc2)sc2c1CC[C@@H](C)C2. The first-order chi connectivity index (χ1) is 13.5. The van der Waals surface area contributed by atoms with Gasteiger partial charge in [-0.2, -0.15) is 0 Å². The van der Waals surface area contributed by atoms with Gasteiger partial charge in [0, 0.05) is 10.4 Å². The van der Waals surface area contributed by atoms with Crippen molar-refractivity contribution in [3.05, 3.63) is 51.9 Å². The number of carbonyl (C=O) groups is 2. The van der Waals surface area contributed by atoms with Crippen LogP contribution in [0.1, 0.15) is 59.6 Å². The lowest BCUT2D eigenvalue weighted by molar-refractivity contribution is -0.682. The Labute approximate surface area is 170 Å². The Balaban J connectivity index is 1.70.